The van der Waals surface area contributed by atoms with Crippen LogP contribution in [0.2, 0.25) is 0 Å². The fourth-order valence-electron chi connectivity index (χ4n) is 2.78. The second kappa shape index (κ2) is 4.21. The molecule has 6 nitrogen and oxygen atoms in total. The lowest BCUT2D eigenvalue weighted by Gasteiger charge is -2.06. The van der Waals surface area contributed by atoms with E-state index in [0.29, 0.717) is 29.3 Å². The molecule has 9 N–H and O–H groups in total. The summed E-state index contributed by atoms with van der Waals surface area (Å²) in [7, 11) is 0. The van der Waals surface area contributed by atoms with E-state index in [2.05, 4.69) is 0 Å². The molecule has 0 aliphatic heterocycles. The van der Waals surface area contributed by atoms with Crippen LogP contribution in [0.4, 0.5) is 22.7 Å². The molecule has 0 atom stereocenters. The lowest BCUT2D eigenvalue weighted by molar-refractivity contribution is 0.280. The van der Waals surface area contributed by atoms with E-state index < -0.39 is 0 Å². The van der Waals surface area contributed by atoms with E-state index in [1.54, 1.807) is 12.1 Å². The number of hydrogen-bond acceptors (Lipinski definition) is 5. The zero-order chi connectivity index (χ0) is 14.4. The number of nitrogens with zero attached hydrogens (tertiary/aromatic N) is 1. The van der Waals surface area contributed by atoms with Gasteiger partial charge in [0, 0.05) is 40.1 Å². The van der Waals surface area contributed by atoms with Crippen LogP contribution in [0.5, 0.6) is 0 Å². The number of aromatic nitrogens is 1. The highest BCUT2D eigenvalue weighted by Crippen LogP contribution is 2.38. The summed E-state index contributed by atoms with van der Waals surface area (Å²) < 4.78 is 1.93. The minimum atomic E-state index is 0.00227. The number of rotatable bonds is 2. The van der Waals surface area contributed by atoms with Gasteiger partial charge >= 0.3 is 0 Å². The predicted molar refractivity (Wildman–Crippen MR) is 84.2 cm³/mol. The van der Waals surface area contributed by atoms with Crippen LogP contribution in [-0.2, 0) is 6.54 Å². The Bertz CT molecular complexity index is 756. The van der Waals surface area contributed by atoms with Crippen molar-refractivity contribution < 1.29 is 5.11 Å². The summed E-state index contributed by atoms with van der Waals surface area (Å²) in [5, 5.41) is 11.0. The van der Waals surface area contributed by atoms with Crippen LogP contribution in [-0.4, -0.2) is 16.3 Å². The van der Waals surface area contributed by atoms with Crippen molar-refractivity contribution in [1.29, 1.82) is 0 Å². The molecule has 20 heavy (non-hydrogen) atoms. The third-order valence-corrected chi connectivity index (χ3v) is 3.50. The fraction of sp³-hybridized carbons (Fsp3) is 0.143. The van der Waals surface area contributed by atoms with E-state index in [1.165, 1.54) is 0 Å². The smallest absolute Gasteiger partial charge is 0.0610 e. The third kappa shape index (κ3) is 1.62. The summed E-state index contributed by atoms with van der Waals surface area (Å²) in [4.78, 5) is 0. The maximum Gasteiger partial charge on any atom is 0.0610 e. The van der Waals surface area contributed by atoms with Gasteiger partial charge in [-0.1, -0.05) is 0 Å². The lowest BCUT2D eigenvalue weighted by Crippen LogP contribution is -2.02. The number of nitrogen functional groups attached to an aromatic ring is 4. The van der Waals surface area contributed by atoms with E-state index in [1.807, 2.05) is 16.7 Å². The van der Waals surface area contributed by atoms with Gasteiger partial charge < -0.3 is 32.6 Å². The summed E-state index contributed by atoms with van der Waals surface area (Å²) in [6.07, 6.45) is 0. The molecule has 6 heteroatoms. The number of aliphatic hydroxyl groups excluding tert-OH is 1. The summed E-state index contributed by atoms with van der Waals surface area (Å²) in [6.45, 7) is 0.425. The van der Waals surface area contributed by atoms with Crippen molar-refractivity contribution in [3.05, 3.63) is 24.3 Å². The van der Waals surface area contributed by atoms with Crippen molar-refractivity contribution in [2.45, 2.75) is 6.54 Å². The highest BCUT2D eigenvalue weighted by Gasteiger charge is 2.16. The summed E-state index contributed by atoms with van der Waals surface area (Å²) in [6, 6.07) is 7.08. The molecule has 0 saturated heterocycles. The van der Waals surface area contributed by atoms with Crippen LogP contribution >= 0.6 is 0 Å². The molecule has 0 radical (unpaired) electrons. The number of fused-ring (bicyclic) bond motifs is 3. The quantitative estimate of drug-likeness (QED) is 0.446. The van der Waals surface area contributed by atoms with Gasteiger partial charge in [-0.05, 0) is 24.3 Å². The Balaban J connectivity index is 2.59. The Labute approximate surface area is 115 Å². The second-order valence-electron chi connectivity index (χ2n) is 4.88. The number of benzene rings is 2. The topological polar surface area (TPSA) is 129 Å². The van der Waals surface area contributed by atoms with E-state index >= 15 is 0 Å². The first kappa shape index (κ1) is 12.4. The Kier molecular flexibility index (Phi) is 2.62. The van der Waals surface area contributed by atoms with Gasteiger partial charge in [0.1, 0.15) is 0 Å². The first-order chi connectivity index (χ1) is 9.52. The Morgan fingerprint density at radius 3 is 1.65 bits per heavy atom. The summed E-state index contributed by atoms with van der Waals surface area (Å²) >= 11 is 0. The SMILES string of the molecule is Nc1cc(N)c2c3c(N)cc(N)cc3n(CCO)c2c1. The van der Waals surface area contributed by atoms with Gasteiger partial charge in [0.2, 0.25) is 0 Å². The molecule has 0 aliphatic carbocycles. The van der Waals surface area contributed by atoms with Gasteiger partial charge in [-0.15, -0.1) is 0 Å². The van der Waals surface area contributed by atoms with Crippen LogP contribution < -0.4 is 22.9 Å². The summed E-state index contributed by atoms with van der Waals surface area (Å²) in [5.74, 6) is 0. The normalized spacial score (nSPS) is 11.4. The molecule has 0 spiro atoms. The molecule has 0 fully saturated rings. The van der Waals surface area contributed by atoms with E-state index in [0.717, 1.165) is 21.8 Å². The molecule has 3 rings (SSSR count). The molecule has 104 valence electrons. The van der Waals surface area contributed by atoms with Crippen LogP contribution in [0.3, 0.4) is 0 Å². The van der Waals surface area contributed by atoms with Crippen LogP contribution in [0.15, 0.2) is 24.3 Å². The van der Waals surface area contributed by atoms with Crippen LogP contribution in [0, 0.1) is 0 Å². The first-order valence-electron chi connectivity index (χ1n) is 6.29. The number of nitrogens with two attached hydrogens (primary N) is 4. The highest BCUT2D eigenvalue weighted by molar-refractivity contribution is 6.19. The Hall–Kier alpha value is -2.60. The van der Waals surface area contributed by atoms with Crippen LogP contribution in [0.1, 0.15) is 0 Å². The minimum Gasteiger partial charge on any atom is -0.399 e. The van der Waals surface area contributed by atoms with Gasteiger partial charge in [-0.3, -0.25) is 0 Å². The van der Waals surface area contributed by atoms with Crippen molar-refractivity contribution in [3.8, 4) is 0 Å². The zero-order valence-electron chi connectivity index (χ0n) is 10.9. The molecule has 0 unspecified atom stereocenters. The van der Waals surface area contributed by atoms with Gasteiger partial charge in [0.05, 0.1) is 17.6 Å². The zero-order valence-corrected chi connectivity index (χ0v) is 10.9. The second-order valence-corrected chi connectivity index (χ2v) is 4.88. The fourth-order valence-corrected chi connectivity index (χ4v) is 2.78. The molecule has 0 saturated carbocycles. The largest absolute Gasteiger partial charge is 0.399 e. The third-order valence-electron chi connectivity index (χ3n) is 3.50. The van der Waals surface area contributed by atoms with Crippen molar-refractivity contribution in [2.24, 2.45) is 0 Å². The van der Waals surface area contributed by atoms with Gasteiger partial charge in [0.25, 0.3) is 0 Å². The molecule has 0 aliphatic rings. The lowest BCUT2D eigenvalue weighted by atomic mass is 10.1. The van der Waals surface area contributed by atoms with Gasteiger partial charge in [0.15, 0.2) is 0 Å². The van der Waals surface area contributed by atoms with E-state index in [-0.39, 0.29) is 6.61 Å². The van der Waals surface area contributed by atoms with Crippen molar-refractivity contribution in [3.63, 3.8) is 0 Å². The van der Waals surface area contributed by atoms with Crippen LogP contribution in [0.25, 0.3) is 21.8 Å². The molecule has 1 heterocycles. The number of hydrogen-bond donors (Lipinski definition) is 5. The van der Waals surface area contributed by atoms with Gasteiger partial charge in [-0.25, -0.2) is 0 Å². The molecule has 2 aromatic carbocycles. The maximum atomic E-state index is 9.29. The van der Waals surface area contributed by atoms with Crippen molar-refractivity contribution >= 4 is 44.6 Å². The molecule has 0 amide bonds. The predicted octanol–water partition coefficient (Wildman–Crippen LogP) is 1.12. The molecular formula is C14H17N5O. The molecule has 0 bridgehead atoms. The molecule has 1 aromatic heterocycles. The Morgan fingerprint density at radius 2 is 1.25 bits per heavy atom. The number of anilines is 4. The van der Waals surface area contributed by atoms with Crippen molar-refractivity contribution in [1.82, 2.24) is 4.57 Å². The van der Waals surface area contributed by atoms with Gasteiger partial charge in [-0.2, -0.15) is 0 Å². The Morgan fingerprint density at radius 1 is 0.800 bits per heavy atom. The first-order valence-corrected chi connectivity index (χ1v) is 6.29. The number of aliphatic hydroxyl groups is 1. The minimum absolute atomic E-state index is 0.00227. The molecular weight excluding hydrogens is 254 g/mol. The highest BCUT2D eigenvalue weighted by atomic mass is 16.3. The average Bonchev–Trinajstić information content (AvgIpc) is 2.65. The maximum absolute atomic E-state index is 9.29. The van der Waals surface area contributed by atoms with Crippen molar-refractivity contribution in [2.75, 3.05) is 29.5 Å². The van der Waals surface area contributed by atoms with E-state index in [9.17, 15) is 5.11 Å². The van der Waals surface area contributed by atoms with E-state index in [4.69, 9.17) is 22.9 Å². The molecule has 3 aromatic rings. The average molecular weight is 271 g/mol. The monoisotopic (exact) mass is 271 g/mol. The summed E-state index contributed by atoms with van der Waals surface area (Å²) in [5.41, 5.74) is 27.9. The standard InChI is InChI=1S/C14H17N5O/c15-7-3-9(17)13-11(5-7)19(1-2-20)12-6-8(16)4-10(18)14(12)13/h3-6,20H,1-2,15-18H2.